The van der Waals surface area contributed by atoms with Crippen LogP contribution in [0.25, 0.3) is 0 Å². The van der Waals surface area contributed by atoms with Crippen molar-refractivity contribution in [2.24, 2.45) is 0 Å². The zero-order chi connectivity index (χ0) is 21.8. The molecule has 0 saturated heterocycles. The summed E-state index contributed by atoms with van der Waals surface area (Å²) in [6, 6.07) is 43.0. The Kier molecular flexibility index (Phi) is 8.55. The molecular weight excluding hydrogens is 408 g/mol. The first-order chi connectivity index (χ1) is 15.3. The van der Waals surface area contributed by atoms with Crippen molar-refractivity contribution in [3.05, 3.63) is 147 Å². The molecule has 0 atom stereocenters. The number of hydrogen-bond acceptors (Lipinski definition) is 1. The van der Waals surface area contributed by atoms with Gasteiger partial charge in [0, 0.05) is 0 Å². The molecule has 1 nitrogen and oxygen atoms in total. The SMILES string of the molecule is C=CC=C.c1ccc([SiH2]O[Si](c2ccccc2)(c2ccccc2)c2ccccc2)cc1. The molecule has 0 spiro atoms. The summed E-state index contributed by atoms with van der Waals surface area (Å²) in [7, 11) is -3.43. The van der Waals surface area contributed by atoms with Crippen molar-refractivity contribution in [3.8, 4) is 0 Å². The normalized spacial score (nSPS) is 10.8. The second kappa shape index (κ2) is 11.8. The molecule has 0 radical (unpaired) electrons. The maximum Gasteiger partial charge on any atom is 0.278 e. The van der Waals surface area contributed by atoms with Gasteiger partial charge in [-0.2, -0.15) is 0 Å². The van der Waals surface area contributed by atoms with Gasteiger partial charge >= 0.3 is 0 Å². The fourth-order valence-electron chi connectivity index (χ4n) is 3.53. The minimum atomic E-state index is -2.54. The van der Waals surface area contributed by atoms with Crippen LogP contribution in [-0.4, -0.2) is 18.1 Å². The standard InChI is InChI=1S/C24H22OSi2.C4H6/c1-5-13-21(14-6-1)26-25-27(22-15-7-2-8-16-22,23-17-9-3-10-18-23)24-19-11-4-12-20-24;1-3-4-2/h1-20H,26H2;3-4H,1-2H2. The van der Waals surface area contributed by atoms with E-state index >= 15 is 0 Å². The maximum absolute atomic E-state index is 7.05. The van der Waals surface area contributed by atoms with Crippen LogP contribution in [-0.2, 0) is 4.12 Å². The number of benzene rings is 4. The highest BCUT2D eigenvalue weighted by molar-refractivity contribution is 7.09. The highest BCUT2D eigenvalue weighted by Gasteiger charge is 2.41. The average Bonchev–Trinajstić information content (AvgIpc) is 2.87. The molecule has 31 heavy (non-hydrogen) atoms. The lowest BCUT2D eigenvalue weighted by atomic mass is 10.3. The van der Waals surface area contributed by atoms with Gasteiger partial charge in [-0.15, -0.1) is 0 Å². The van der Waals surface area contributed by atoms with E-state index in [2.05, 4.69) is 134 Å². The Bertz CT molecular complexity index is 947. The van der Waals surface area contributed by atoms with E-state index < -0.39 is 18.1 Å². The molecule has 3 heteroatoms. The predicted molar refractivity (Wildman–Crippen MR) is 140 cm³/mol. The molecule has 0 bridgehead atoms. The summed E-state index contributed by atoms with van der Waals surface area (Å²) in [4.78, 5) is 0. The van der Waals surface area contributed by atoms with Crippen LogP contribution in [0.5, 0.6) is 0 Å². The average molecular weight is 437 g/mol. The van der Waals surface area contributed by atoms with E-state index in [-0.39, 0.29) is 0 Å². The Morgan fingerprint density at radius 3 is 1.16 bits per heavy atom. The molecule has 0 heterocycles. The fraction of sp³-hybridized carbons (Fsp3) is 0. The van der Waals surface area contributed by atoms with Crippen molar-refractivity contribution in [1.29, 1.82) is 0 Å². The van der Waals surface area contributed by atoms with E-state index in [1.54, 1.807) is 12.2 Å². The van der Waals surface area contributed by atoms with Gasteiger partial charge in [-0.1, -0.05) is 147 Å². The van der Waals surface area contributed by atoms with Gasteiger partial charge in [0.05, 0.1) is 0 Å². The third-order valence-electron chi connectivity index (χ3n) is 5.01. The molecule has 0 unspecified atom stereocenters. The van der Waals surface area contributed by atoms with E-state index in [9.17, 15) is 0 Å². The molecule has 4 rings (SSSR count). The lowest BCUT2D eigenvalue weighted by Crippen LogP contribution is -2.70. The quantitative estimate of drug-likeness (QED) is 0.245. The van der Waals surface area contributed by atoms with Crippen LogP contribution in [0.3, 0.4) is 0 Å². The third kappa shape index (κ3) is 5.67. The summed E-state index contributed by atoms with van der Waals surface area (Å²) in [6.45, 7) is 6.72. The zero-order valence-electron chi connectivity index (χ0n) is 17.7. The summed E-state index contributed by atoms with van der Waals surface area (Å²) in [6.07, 6.45) is 3.28. The summed E-state index contributed by atoms with van der Waals surface area (Å²) in [5.74, 6) is 0. The maximum atomic E-state index is 7.05. The molecule has 0 aliphatic rings. The van der Waals surface area contributed by atoms with Crippen LogP contribution >= 0.6 is 0 Å². The number of allylic oxidation sites excluding steroid dienone is 2. The van der Waals surface area contributed by atoms with Crippen LogP contribution < -0.4 is 20.7 Å². The second-order valence-electron chi connectivity index (χ2n) is 7.02. The Hall–Kier alpha value is -3.25. The number of hydrogen-bond donors (Lipinski definition) is 0. The third-order valence-corrected chi connectivity index (χ3v) is 11.6. The Labute approximate surface area is 189 Å². The predicted octanol–water partition coefficient (Wildman–Crippen LogP) is 3.44. The highest BCUT2D eigenvalue weighted by Crippen LogP contribution is 2.09. The van der Waals surface area contributed by atoms with Crippen LogP contribution in [0.4, 0.5) is 0 Å². The van der Waals surface area contributed by atoms with Gasteiger partial charge in [-0.05, 0) is 20.7 Å². The van der Waals surface area contributed by atoms with Gasteiger partial charge in [0.25, 0.3) is 8.32 Å². The molecule has 4 aromatic carbocycles. The monoisotopic (exact) mass is 436 g/mol. The van der Waals surface area contributed by atoms with E-state index in [0.717, 1.165) is 0 Å². The van der Waals surface area contributed by atoms with Gasteiger partial charge < -0.3 is 4.12 Å². The molecule has 0 amide bonds. The van der Waals surface area contributed by atoms with Gasteiger partial charge in [-0.25, -0.2) is 0 Å². The lowest BCUT2D eigenvalue weighted by Gasteiger charge is -2.33. The summed E-state index contributed by atoms with van der Waals surface area (Å²) in [5.41, 5.74) is 0. The molecule has 0 aliphatic carbocycles. The molecule has 0 fully saturated rings. The van der Waals surface area contributed by atoms with E-state index in [1.807, 2.05) is 0 Å². The van der Waals surface area contributed by atoms with Gasteiger partial charge in [-0.3, -0.25) is 0 Å². The van der Waals surface area contributed by atoms with Gasteiger partial charge in [0.15, 0.2) is 9.76 Å². The fourth-order valence-corrected chi connectivity index (χ4v) is 10.5. The molecular formula is C28H28OSi2. The molecule has 154 valence electrons. The van der Waals surface area contributed by atoms with Crippen LogP contribution in [0.2, 0.25) is 0 Å². The van der Waals surface area contributed by atoms with Crippen molar-refractivity contribution in [2.75, 3.05) is 0 Å². The lowest BCUT2D eigenvalue weighted by molar-refractivity contribution is 0.631. The summed E-state index contributed by atoms with van der Waals surface area (Å²) < 4.78 is 7.05. The molecule has 0 saturated carbocycles. The molecule has 0 N–H and O–H groups in total. The summed E-state index contributed by atoms with van der Waals surface area (Å²) >= 11 is 0. The van der Waals surface area contributed by atoms with Crippen molar-refractivity contribution in [3.63, 3.8) is 0 Å². The first-order valence-corrected chi connectivity index (χ1v) is 13.6. The molecule has 0 aliphatic heterocycles. The van der Waals surface area contributed by atoms with Crippen molar-refractivity contribution < 1.29 is 4.12 Å². The zero-order valence-corrected chi connectivity index (χ0v) is 20.1. The van der Waals surface area contributed by atoms with E-state index in [0.29, 0.717) is 0 Å². The van der Waals surface area contributed by atoms with Crippen molar-refractivity contribution in [2.45, 2.75) is 0 Å². The first kappa shape index (κ1) is 22.4. The van der Waals surface area contributed by atoms with Gasteiger partial charge in [0.1, 0.15) is 0 Å². The molecule has 0 aromatic heterocycles. The minimum absolute atomic E-state index is 0.885. The Morgan fingerprint density at radius 1 is 0.516 bits per heavy atom. The van der Waals surface area contributed by atoms with Crippen molar-refractivity contribution >= 4 is 38.8 Å². The van der Waals surface area contributed by atoms with E-state index in [4.69, 9.17) is 4.12 Å². The Balaban J connectivity index is 0.000000628. The topological polar surface area (TPSA) is 9.23 Å². The molecule has 4 aromatic rings. The van der Waals surface area contributed by atoms with Crippen LogP contribution in [0.1, 0.15) is 0 Å². The second-order valence-corrected chi connectivity index (χ2v) is 12.4. The van der Waals surface area contributed by atoms with Crippen LogP contribution in [0, 0.1) is 0 Å². The largest absolute Gasteiger partial charge is 0.447 e. The van der Waals surface area contributed by atoms with E-state index in [1.165, 1.54) is 20.7 Å². The highest BCUT2D eigenvalue weighted by atomic mass is 28.4. The summed E-state index contributed by atoms with van der Waals surface area (Å²) in [5, 5.41) is 5.22. The minimum Gasteiger partial charge on any atom is -0.447 e. The van der Waals surface area contributed by atoms with Crippen LogP contribution in [0.15, 0.2) is 147 Å². The Morgan fingerprint density at radius 2 is 0.839 bits per heavy atom. The smallest absolute Gasteiger partial charge is 0.278 e. The van der Waals surface area contributed by atoms with Crippen molar-refractivity contribution in [1.82, 2.24) is 0 Å². The first-order valence-electron chi connectivity index (χ1n) is 10.4. The van der Waals surface area contributed by atoms with Gasteiger partial charge in [0.2, 0.25) is 0 Å². The number of rotatable bonds is 7.